The highest BCUT2D eigenvalue weighted by molar-refractivity contribution is 5.75. The van der Waals surface area contributed by atoms with Gasteiger partial charge in [-0.1, -0.05) is 26.7 Å². The molecule has 4 unspecified atom stereocenters. The van der Waals surface area contributed by atoms with Crippen molar-refractivity contribution >= 4 is 12.0 Å². The molecule has 0 radical (unpaired) electrons. The lowest BCUT2D eigenvalue weighted by Crippen LogP contribution is -2.48. The number of hydrogen-bond acceptors (Lipinski definition) is 2. The summed E-state index contributed by atoms with van der Waals surface area (Å²) >= 11 is 0. The van der Waals surface area contributed by atoms with Gasteiger partial charge in [-0.05, 0) is 37.0 Å². The first kappa shape index (κ1) is 16.1. The van der Waals surface area contributed by atoms with E-state index in [2.05, 4.69) is 19.2 Å². The third kappa shape index (κ3) is 4.35. The highest BCUT2D eigenvalue weighted by Crippen LogP contribution is 2.30. The number of carboxylic acid groups (broad SMARTS) is 1. The molecule has 1 aliphatic carbocycles. The number of urea groups is 1. The van der Waals surface area contributed by atoms with Gasteiger partial charge in [-0.3, -0.25) is 4.79 Å². The van der Waals surface area contributed by atoms with Crippen LogP contribution in [0.25, 0.3) is 0 Å². The standard InChI is InChI=1S/C16H28N2O3/c1-11-4-3-5-14(12(11)2)17-16(21)18-9-8-13(10-18)6-7-15(19)20/h11-14H,3-10H2,1-2H3,(H,17,21)(H,19,20). The molecule has 1 heterocycles. The normalized spacial score (nSPS) is 33.0. The smallest absolute Gasteiger partial charge is 0.317 e. The average molecular weight is 296 g/mol. The van der Waals surface area contributed by atoms with Gasteiger partial charge in [-0.15, -0.1) is 0 Å². The molecule has 2 amide bonds. The number of likely N-dealkylation sites (tertiary alicyclic amines) is 1. The van der Waals surface area contributed by atoms with Crippen LogP contribution < -0.4 is 5.32 Å². The van der Waals surface area contributed by atoms with Gasteiger partial charge in [-0.25, -0.2) is 4.79 Å². The van der Waals surface area contributed by atoms with Crippen molar-refractivity contribution in [2.75, 3.05) is 13.1 Å². The second kappa shape index (κ2) is 7.14. The molecule has 0 aromatic carbocycles. The summed E-state index contributed by atoms with van der Waals surface area (Å²) in [7, 11) is 0. The van der Waals surface area contributed by atoms with E-state index in [1.807, 2.05) is 4.90 Å². The topological polar surface area (TPSA) is 69.6 Å². The maximum absolute atomic E-state index is 12.3. The zero-order chi connectivity index (χ0) is 15.4. The third-order valence-electron chi connectivity index (χ3n) is 5.36. The van der Waals surface area contributed by atoms with E-state index in [-0.39, 0.29) is 12.5 Å². The molecule has 0 aromatic heterocycles. The first-order valence-corrected chi connectivity index (χ1v) is 8.24. The highest BCUT2D eigenvalue weighted by Gasteiger charge is 2.31. The zero-order valence-electron chi connectivity index (χ0n) is 13.2. The molecular weight excluding hydrogens is 268 g/mol. The molecule has 0 spiro atoms. The van der Waals surface area contributed by atoms with Crippen LogP contribution in [0.3, 0.4) is 0 Å². The molecule has 5 nitrogen and oxygen atoms in total. The summed E-state index contributed by atoms with van der Waals surface area (Å²) < 4.78 is 0. The number of carboxylic acids is 1. The van der Waals surface area contributed by atoms with Crippen molar-refractivity contribution in [1.29, 1.82) is 0 Å². The first-order chi connectivity index (χ1) is 9.97. The minimum Gasteiger partial charge on any atom is -0.481 e. The number of rotatable bonds is 4. The Labute approximate surface area is 127 Å². The Kier molecular flexibility index (Phi) is 5.48. The number of hydrogen-bond donors (Lipinski definition) is 2. The number of nitrogens with one attached hydrogen (secondary N) is 1. The predicted molar refractivity (Wildman–Crippen MR) is 81.0 cm³/mol. The Bertz CT molecular complexity index is 386. The van der Waals surface area contributed by atoms with Crippen LogP contribution in [0.1, 0.15) is 52.4 Å². The van der Waals surface area contributed by atoms with Crippen molar-refractivity contribution < 1.29 is 14.7 Å². The van der Waals surface area contributed by atoms with Crippen LogP contribution in [0.5, 0.6) is 0 Å². The number of nitrogens with zero attached hydrogens (tertiary/aromatic N) is 1. The van der Waals surface area contributed by atoms with E-state index in [9.17, 15) is 9.59 Å². The van der Waals surface area contributed by atoms with E-state index >= 15 is 0 Å². The van der Waals surface area contributed by atoms with Crippen LogP contribution in [0, 0.1) is 17.8 Å². The summed E-state index contributed by atoms with van der Waals surface area (Å²) in [5.41, 5.74) is 0. The first-order valence-electron chi connectivity index (χ1n) is 8.24. The molecular formula is C16H28N2O3. The van der Waals surface area contributed by atoms with Gasteiger partial charge in [0.15, 0.2) is 0 Å². The number of carbonyl (C=O) groups is 2. The molecule has 0 bridgehead atoms. The van der Waals surface area contributed by atoms with Crippen LogP contribution in [-0.4, -0.2) is 41.1 Å². The van der Waals surface area contributed by atoms with Crippen LogP contribution in [0.4, 0.5) is 4.79 Å². The van der Waals surface area contributed by atoms with E-state index < -0.39 is 5.97 Å². The Morgan fingerprint density at radius 3 is 2.71 bits per heavy atom. The van der Waals surface area contributed by atoms with Gasteiger partial charge in [0.2, 0.25) is 0 Å². The van der Waals surface area contributed by atoms with Crippen molar-refractivity contribution in [2.45, 2.75) is 58.4 Å². The van der Waals surface area contributed by atoms with Gasteiger partial charge in [0.25, 0.3) is 0 Å². The van der Waals surface area contributed by atoms with Crippen molar-refractivity contribution in [3.8, 4) is 0 Å². The van der Waals surface area contributed by atoms with Gasteiger partial charge in [-0.2, -0.15) is 0 Å². The summed E-state index contributed by atoms with van der Waals surface area (Å²) in [6.45, 7) is 5.96. The number of amides is 2. The molecule has 1 aliphatic heterocycles. The molecule has 2 rings (SSSR count). The molecule has 5 heteroatoms. The molecule has 0 aromatic rings. The summed E-state index contributed by atoms with van der Waals surface area (Å²) in [4.78, 5) is 24.8. The van der Waals surface area contributed by atoms with Crippen molar-refractivity contribution in [1.82, 2.24) is 10.2 Å². The van der Waals surface area contributed by atoms with E-state index in [0.29, 0.717) is 36.8 Å². The molecule has 2 aliphatic rings. The van der Waals surface area contributed by atoms with E-state index in [4.69, 9.17) is 5.11 Å². The van der Waals surface area contributed by atoms with Crippen LogP contribution in [0.2, 0.25) is 0 Å². The van der Waals surface area contributed by atoms with Gasteiger partial charge >= 0.3 is 12.0 Å². The maximum Gasteiger partial charge on any atom is 0.317 e. The van der Waals surface area contributed by atoms with Gasteiger partial charge in [0, 0.05) is 25.6 Å². The van der Waals surface area contributed by atoms with Crippen LogP contribution in [0.15, 0.2) is 0 Å². The highest BCUT2D eigenvalue weighted by atomic mass is 16.4. The molecule has 1 saturated heterocycles. The Morgan fingerprint density at radius 2 is 2.00 bits per heavy atom. The van der Waals surface area contributed by atoms with Gasteiger partial charge in [0.05, 0.1) is 0 Å². The fourth-order valence-electron chi connectivity index (χ4n) is 3.62. The van der Waals surface area contributed by atoms with Gasteiger partial charge in [0.1, 0.15) is 0 Å². The largest absolute Gasteiger partial charge is 0.481 e. The predicted octanol–water partition coefficient (Wildman–Crippen LogP) is 2.71. The Morgan fingerprint density at radius 1 is 1.24 bits per heavy atom. The quantitative estimate of drug-likeness (QED) is 0.838. The minimum atomic E-state index is -0.747. The summed E-state index contributed by atoms with van der Waals surface area (Å²) in [5, 5.41) is 11.9. The minimum absolute atomic E-state index is 0.0405. The SMILES string of the molecule is CC1CCCC(NC(=O)N2CCC(CCC(=O)O)C2)C1C. The number of carbonyl (C=O) groups excluding carboxylic acids is 1. The van der Waals surface area contributed by atoms with Crippen LogP contribution in [-0.2, 0) is 4.79 Å². The third-order valence-corrected chi connectivity index (χ3v) is 5.36. The maximum atomic E-state index is 12.3. The Balaban J connectivity index is 1.77. The molecule has 120 valence electrons. The summed E-state index contributed by atoms with van der Waals surface area (Å²) in [6, 6.07) is 0.332. The fraction of sp³-hybridized carbons (Fsp3) is 0.875. The molecule has 21 heavy (non-hydrogen) atoms. The second-order valence-corrected chi connectivity index (χ2v) is 6.86. The Hall–Kier alpha value is -1.26. The van der Waals surface area contributed by atoms with E-state index in [1.165, 1.54) is 12.8 Å². The van der Waals surface area contributed by atoms with Crippen molar-refractivity contribution in [3.05, 3.63) is 0 Å². The van der Waals surface area contributed by atoms with Crippen LogP contribution >= 0.6 is 0 Å². The molecule has 4 atom stereocenters. The molecule has 2 N–H and O–H groups in total. The van der Waals surface area contributed by atoms with E-state index in [0.717, 1.165) is 19.4 Å². The molecule has 2 fully saturated rings. The zero-order valence-corrected chi connectivity index (χ0v) is 13.2. The van der Waals surface area contributed by atoms with Crippen molar-refractivity contribution in [2.24, 2.45) is 17.8 Å². The summed E-state index contributed by atoms with van der Waals surface area (Å²) in [6.07, 6.45) is 5.34. The second-order valence-electron chi connectivity index (χ2n) is 6.86. The lowest BCUT2D eigenvalue weighted by Gasteiger charge is -2.35. The van der Waals surface area contributed by atoms with E-state index in [1.54, 1.807) is 0 Å². The lowest BCUT2D eigenvalue weighted by atomic mass is 9.78. The number of aliphatic carboxylic acids is 1. The van der Waals surface area contributed by atoms with Crippen molar-refractivity contribution in [3.63, 3.8) is 0 Å². The molecule has 1 saturated carbocycles. The monoisotopic (exact) mass is 296 g/mol. The average Bonchev–Trinajstić information content (AvgIpc) is 2.90. The van der Waals surface area contributed by atoms with Gasteiger partial charge < -0.3 is 15.3 Å². The summed E-state index contributed by atoms with van der Waals surface area (Å²) in [5.74, 6) is 0.802. The lowest BCUT2D eigenvalue weighted by molar-refractivity contribution is -0.137. The fourth-order valence-corrected chi connectivity index (χ4v) is 3.62.